The van der Waals surface area contributed by atoms with Gasteiger partial charge in [0.2, 0.25) is 5.43 Å². The van der Waals surface area contributed by atoms with Gasteiger partial charge in [-0.3, -0.25) is 9.59 Å². The number of hydrogen-bond acceptors (Lipinski definition) is 4. The van der Waals surface area contributed by atoms with Crippen LogP contribution in [0.5, 0.6) is 5.75 Å². The summed E-state index contributed by atoms with van der Waals surface area (Å²) < 4.78 is 5.12. The van der Waals surface area contributed by atoms with E-state index in [1.54, 1.807) is 6.07 Å². The van der Waals surface area contributed by atoms with Crippen LogP contribution in [0.3, 0.4) is 0 Å². The maximum atomic E-state index is 12.0. The first-order chi connectivity index (χ1) is 8.61. The number of thiophene rings is 1. The molecule has 6 heteroatoms. The lowest BCUT2D eigenvalue weighted by Crippen LogP contribution is -2.17. The number of nitrogens with one attached hydrogen (secondary N) is 2. The van der Waals surface area contributed by atoms with Crippen molar-refractivity contribution in [3.63, 3.8) is 0 Å². The Bertz CT molecular complexity index is 630. The van der Waals surface area contributed by atoms with Crippen molar-refractivity contribution in [2.75, 3.05) is 12.4 Å². The number of ether oxygens (including phenoxy) is 1. The number of hydrogen-bond donors (Lipinski definition) is 2. The molecule has 2 aromatic heterocycles. The summed E-state index contributed by atoms with van der Waals surface area (Å²) in [6, 6.07) is 3.14. The van der Waals surface area contributed by atoms with Gasteiger partial charge in [-0.15, -0.1) is 11.3 Å². The number of aromatic nitrogens is 1. The Balaban J connectivity index is 2.27. The Morgan fingerprint density at radius 3 is 2.94 bits per heavy atom. The summed E-state index contributed by atoms with van der Waals surface area (Å²) in [5.41, 5.74) is -0.0232. The van der Waals surface area contributed by atoms with E-state index in [1.165, 1.54) is 36.9 Å². The standard InChI is InChI=1S/C12H12N2O3S/c1-7-5-10(17-2)11(18-7)12(16)14-8-6-13-4-3-9(8)15/h3-6H,1-2H3,(H,13,15)(H,14,16). The summed E-state index contributed by atoms with van der Waals surface area (Å²) in [4.78, 5) is 27.7. The van der Waals surface area contributed by atoms with Crippen LogP contribution in [0.4, 0.5) is 5.69 Å². The van der Waals surface area contributed by atoms with Crippen LogP contribution in [0, 0.1) is 6.92 Å². The molecule has 0 aliphatic rings. The van der Waals surface area contributed by atoms with Crippen molar-refractivity contribution in [1.82, 2.24) is 4.98 Å². The monoisotopic (exact) mass is 264 g/mol. The number of carbonyl (C=O) groups excluding carboxylic acids is 1. The normalized spacial score (nSPS) is 10.1. The van der Waals surface area contributed by atoms with Crippen LogP contribution < -0.4 is 15.5 Å². The van der Waals surface area contributed by atoms with Crippen LogP contribution in [-0.4, -0.2) is 18.0 Å². The first kappa shape index (κ1) is 12.4. The first-order valence-electron chi connectivity index (χ1n) is 5.24. The van der Waals surface area contributed by atoms with Crippen LogP contribution in [0.2, 0.25) is 0 Å². The Morgan fingerprint density at radius 1 is 1.50 bits per heavy atom. The second-order valence-corrected chi connectivity index (χ2v) is 4.89. The average molecular weight is 264 g/mol. The smallest absolute Gasteiger partial charge is 0.269 e. The lowest BCUT2D eigenvalue weighted by molar-refractivity contribution is 0.102. The lowest BCUT2D eigenvalue weighted by atomic mass is 10.3. The quantitative estimate of drug-likeness (QED) is 0.890. The largest absolute Gasteiger partial charge is 0.495 e. The number of carbonyl (C=O) groups is 1. The number of pyridine rings is 1. The number of methoxy groups -OCH3 is 1. The van der Waals surface area contributed by atoms with Crippen LogP contribution >= 0.6 is 11.3 Å². The molecule has 94 valence electrons. The van der Waals surface area contributed by atoms with Gasteiger partial charge in [0.1, 0.15) is 16.3 Å². The zero-order valence-electron chi connectivity index (χ0n) is 9.94. The van der Waals surface area contributed by atoms with Crippen LogP contribution in [0.1, 0.15) is 14.5 Å². The predicted molar refractivity (Wildman–Crippen MR) is 70.6 cm³/mol. The third kappa shape index (κ3) is 2.43. The zero-order chi connectivity index (χ0) is 13.1. The summed E-state index contributed by atoms with van der Waals surface area (Å²) in [7, 11) is 1.51. The number of aromatic amines is 1. The van der Waals surface area contributed by atoms with Crippen molar-refractivity contribution in [3.05, 3.63) is 44.5 Å². The van der Waals surface area contributed by atoms with Gasteiger partial charge < -0.3 is 15.0 Å². The molecule has 0 aliphatic heterocycles. The van der Waals surface area contributed by atoms with Gasteiger partial charge >= 0.3 is 0 Å². The number of rotatable bonds is 3. The van der Waals surface area contributed by atoms with Crippen LogP contribution in [0.15, 0.2) is 29.3 Å². The highest BCUT2D eigenvalue weighted by Gasteiger charge is 2.16. The Labute approximate surface area is 107 Å². The second kappa shape index (κ2) is 5.05. The molecule has 2 N–H and O–H groups in total. The van der Waals surface area contributed by atoms with E-state index in [1.807, 2.05) is 6.92 Å². The van der Waals surface area contributed by atoms with Gasteiger partial charge in [-0.05, 0) is 13.0 Å². The van der Waals surface area contributed by atoms with Gasteiger partial charge in [0.25, 0.3) is 5.91 Å². The highest BCUT2D eigenvalue weighted by Crippen LogP contribution is 2.28. The highest BCUT2D eigenvalue weighted by molar-refractivity contribution is 7.14. The summed E-state index contributed by atoms with van der Waals surface area (Å²) in [6.07, 6.45) is 2.96. The highest BCUT2D eigenvalue weighted by atomic mass is 32.1. The second-order valence-electron chi connectivity index (χ2n) is 3.63. The van der Waals surface area contributed by atoms with Gasteiger partial charge in [-0.2, -0.15) is 0 Å². The van der Waals surface area contributed by atoms with Crippen molar-refractivity contribution in [3.8, 4) is 5.75 Å². The SMILES string of the molecule is COc1cc(C)sc1C(=O)Nc1c[nH]ccc1=O. The van der Waals surface area contributed by atoms with Crippen molar-refractivity contribution in [2.24, 2.45) is 0 Å². The lowest BCUT2D eigenvalue weighted by Gasteiger charge is -2.04. The molecule has 0 atom stereocenters. The van der Waals surface area contributed by atoms with Crippen LogP contribution in [0.25, 0.3) is 0 Å². The minimum atomic E-state index is -0.346. The number of anilines is 1. The van der Waals surface area contributed by atoms with Crippen molar-refractivity contribution < 1.29 is 9.53 Å². The number of amides is 1. The van der Waals surface area contributed by atoms with Crippen LogP contribution in [-0.2, 0) is 0 Å². The molecule has 0 saturated carbocycles. The van der Waals surface area contributed by atoms with E-state index >= 15 is 0 Å². The minimum Gasteiger partial charge on any atom is -0.495 e. The molecule has 2 heterocycles. The van der Waals surface area contributed by atoms with E-state index in [9.17, 15) is 9.59 Å². The average Bonchev–Trinajstić information content (AvgIpc) is 2.73. The number of H-pyrrole nitrogens is 1. The van der Waals surface area contributed by atoms with Gasteiger partial charge in [0, 0.05) is 23.3 Å². The van der Waals surface area contributed by atoms with Crippen molar-refractivity contribution >= 4 is 22.9 Å². The predicted octanol–water partition coefficient (Wildman–Crippen LogP) is 2.01. The van der Waals surface area contributed by atoms with E-state index in [0.717, 1.165) is 4.88 Å². The molecule has 0 unspecified atom stereocenters. The summed E-state index contributed by atoms with van der Waals surface area (Å²) in [6.45, 7) is 1.89. The third-order valence-corrected chi connectivity index (χ3v) is 3.35. The van der Waals surface area contributed by atoms with E-state index in [0.29, 0.717) is 10.6 Å². The molecule has 0 bridgehead atoms. The fourth-order valence-electron chi connectivity index (χ4n) is 1.49. The molecule has 1 amide bonds. The van der Waals surface area contributed by atoms with E-state index < -0.39 is 0 Å². The van der Waals surface area contributed by atoms with Gasteiger partial charge in [-0.1, -0.05) is 0 Å². The molecule has 2 aromatic rings. The summed E-state index contributed by atoms with van der Waals surface area (Å²) in [5, 5.41) is 2.56. The minimum absolute atomic E-state index is 0.218. The van der Waals surface area contributed by atoms with Gasteiger partial charge in [-0.25, -0.2) is 0 Å². The maximum absolute atomic E-state index is 12.0. The summed E-state index contributed by atoms with van der Waals surface area (Å²) in [5.74, 6) is 0.170. The van der Waals surface area contributed by atoms with E-state index in [4.69, 9.17) is 4.74 Å². The Morgan fingerprint density at radius 2 is 2.28 bits per heavy atom. The topological polar surface area (TPSA) is 71.2 Å². The van der Waals surface area contributed by atoms with Gasteiger partial charge in [0.15, 0.2) is 0 Å². The number of aryl methyl sites for hydroxylation is 1. The molecule has 0 spiro atoms. The molecule has 0 aliphatic carbocycles. The molecular formula is C12H12N2O3S. The van der Waals surface area contributed by atoms with E-state index in [-0.39, 0.29) is 17.0 Å². The molecule has 5 nitrogen and oxygen atoms in total. The summed E-state index contributed by atoms with van der Waals surface area (Å²) >= 11 is 1.32. The molecule has 0 saturated heterocycles. The fourth-order valence-corrected chi connectivity index (χ4v) is 2.37. The molecule has 0 aromatic carbocycles. The molecule has 18 heavy (non-hydrogen) atoms. The molecule has 0 radical (unpaired) electrons. The zero-order valence-corrected chi connectivity index (χ0v) is 10.8. The molecular weight excluding hydrogens is 252 g/mol. The van der Waals surface area contributed by atoms with Gasteiger partial charge in [0.05, 0.1) is 7.11 Å². The van der Waals surface area contributed by atoms with Crippen molar-refractivity contribution in [1.29, 1.82) is 0 Å². The maximum Gasteiger partial charge on any atom is 0.269 e. The Hall–Kier alpha value is -2.08. The first-order valence-corrected chi connectivity index (χ1v) is 6.06. The van der Waals surface area contributed by atoms with Crippen molar-refractivity contribution in [2.45, 2.75) is 6.92 Å². The van der Waals surface area contributed by atoms with E-state index in [2.05, 4.69) is 10.3 Å². The fraction of sp³-hybridized carbons (Fsp3) is 0.167. The molecule has 0 fully saturated rings. The Kier molecular flexibility index (Phi) is 3.47. The third-order valence-electron chi connectivity index (χ3n) is 2.32. The molecule has 2 rings (SSSR count).